The van der Waals surface area contributed by atoms with E-state index in [1.807, 2.05) is 11.8 Å². The van der Waals surface area contributed by atoms with E-state index in [-0.39, 0.29) is 5.25 Å². The topological polar surface area (TPSA) is 32.8 Å². The van der Waals surface area contributed by atoms with Crippen molar-refractivity contribution in [2.24, 2.45) is 5.92 Å². The van der Waals surface area contributed by atoms with Crippen LogP contribution in [0.4, 0.5) is 0 Å². The van der Waals surface area contributed by atoms with Crippen LogP contribution in [0, 0.1) is 5.92 Å². The summed E-state index contributed by atoms with van der Waals surface area (Å²) in [6.45, 7) is 7.69. The molecule has 24 heavy (non-hydrogen) atoms. The van der Waals surface area contributed by atoms with Crippen LogP contribution in [0.15, 0.2) is 24.3 Å². The zero-order valence-corrected chi connectivity index (χ0v) is 15.1. The monoisotopic (exact) mass is 346 g/mol. The maximum absolute atomic E-state index is 13.2. The summed E-state index contributed by atoms with van der Waals surface area (Å²) in [5.74, 6) is 1.90. The molecule has 3 atom stereocenters. The van der Waals surface area contributed by atoms with Gasteiger partial charge < -0.3 is 9.64 Å². The van der Waals surface area contributed by atoms with Crippen LogP contribution in [0.3, 0.4) is 0 Å². The van der Waals surface area contributed by atoms with Crippen LogP contribution in [0.2, 0.25) is 0 Å². The van der Waals surface area contributed by atoms with Gasteiger partial charge in [-0.2, -0.15) is 0 Å². The molecule has 4 nitrogen and oxygen atoms in total. The molecule has 0 aromatic heterocycles. The molecule has 5 heteroatoms. The molecule has 0 spiro atoms. The summed E-state index contributed by atoms with van der Waals surface area (Å²) in [6, 6.07) is 8.96. The molecule has 3 aliphatic heterocycles. The highest BCUT2D eigenvalue weighted by atomic mass is 32.2. The molecule has 1 amide bonds. The molecule has 1 aromatic rings. The molecule has 3 aliphatic rings. The zero-order valence-electron chi connectivity index (χ0n) is 14.3. The number of aryl methyl sites for hydroxylation is 1. The number of ether oxygens (including phenoxy) is 1. The van der Waals surface area contributed by atoms with Crippen LogP contribution in [-0.4, -0.2) is 66.9 Å². The first-order valence-electron chi connectivity index (χ1n) is 9.04. The van der Waals surface area contributed by atoms with Gasteiger partial charge in [0.2, 0.25) is 5.91 Å². The minimum Gasteiger partial charge on any atom is -0.379 e. The largest absolute Gasteiger partial charge is 0.379 e. The van der Waals surface area contributed by atoms with Crippen molar-refractivity contribution in [2.75, 3.05) is 45.1 Å². The highest BCUT2D eigenvalue weighted by Gasteiger charge is 2.39. The average Bonchev–Trinajstić information content (AvgIpc) is 3.03. The quantitative estimate of drug-likeness (QED) is 0.822. The van der Waals surface area contributed by atoms with Crippen LogP contribution < -0.4 is 0 Å². The van der Waals surface area contributed by atoms with Gasteiger partial charge in [-0.1, -0.05) is 31.2 Å². The van der Waals surface area contributed by atoms with Crippen LogP contribution in [0.25, 0.3) is 0 Å². The molecule has 0 bridgehead atoms. The highest BCUT2D eigenvalue weighted by Crippen LogP contribution is 2.39. The predicted molar refractivity (Wildman–Crippen MR) is 97.3 cm³/mol. The van der Waals surface area contributed by atoms with Crippen molar-refractivity contribution in [3.8, 4) is 0 Å². The van der Waals surface area contributed by atoms with E-state index in [9.17, 15) is 4.79 Å². The van der Waals surface area contributed by atoms with Gasteiger partial charge in [0.1, 0.15) is 5.25 Å². The van der Waals surface area contributed by atoms with E-state index in [1.54, 1.807) is 0 Å². The van der Waals surface area contributed by atoms with Crippen LogP contribution in [0.1, 0.15) is 23.3 Å². The van der Waals surface area contributed by atoms with E-state index < -0.39 is 0 Å². The van der Waals surface area contributed by atoms with E-state index in [0.29, 0.717) is 17.9 Å². The van der Waals surface area contributed by atoms with Gasteiger partial charge in [-0.25, -0.2) is 0 Å². The van der Waals surface area contributed by atoms with E-state index in [4.69, 9.17) is 4.74 Å². The Hall–Kier alpha value is -1.04. The molecule has 1 aromatic carbocycles. The highest BCUT2D eigenvalue weighted by molar-refractivity contribution is 8.00. The zero-order chi connectivity index (χ0) is 16.5. The molecule has 4 rings (SSSR count). The number of hydrogen-bond acceptors (Lipinski definition) is 4. The normalized spacial score (nSPS) is 31.0. The third kappa shape index (κ3) is 3.09. The summed E-state index contributed by atoms with van der Waals surface area (Å²) in [5, 5.41) is -0.00871. The lowest BCUT2D eigenvalue weighted by molar-refractivity contribution is -0.130. The number of likely N-dealkylation sites (tertiary alicyclic amines) is 1. The Morgan fingerprint density at radius 3 is 2.83 bits per heavy atom. The maximum Gasteiger partial charge on any atom is 0.240 e. The van der Waals surface area contributed by atoms with Gasteiger partial charge in [-0.3, -0.25) is 9.69 Å². The lowest BCUT2D eigenvalue weighted by Gasteiger charge is -2.34. The number of thioether (sulfide) groups is 1. The Morgan fingerprint density at radius 2 is 2.00 bits per heavy atom. The second kappa shape index (κ2) is 7.06. The average molecular weight is 346 g/mol. The van der Waals surface area contributed by atoms with E-state index in [2.05, 4.69) is 41.0 Å². The van der Waals surface area contributed by atoms with Crippen LogP contribution >= 0.6 is 11.8 Å². The van der Waals surface area contributed by atoms with Gasteiger partial charge in [0.05, 0.1) is 13.2 Å². The Labute approximate surface area is 148 Å². The first-order valence-corrected chi connectivity index (χ1v) is 10.1. The number of fused-ring (bicyclic) bond motifs is 1. The first kappa shape index (κ1) is 16.4. The molecule has 2 fully saturated rings. The van der Waals surface area contributed by atoms with Crippen molar-refractivity contribution in [3.05, 3.63) is 35.4 Å². The number of hydrogen-bond donors (Lipinski definition) is 0. The molecule has 2 saturated heterocycles. The molecule has 0 N–H and O–H groups in total. The van der Waals surface area contributed by atoms with Crippen LogP contribution in [0.5, 0.6) is 0 Å². The lowest BCUT2D eigenvalue weighted by atomic mass is 10.0. The molecule has 130 valence electrons. The fourth-order valence-electron chi connectivity index (χ4n) is 4.28. The molecular weight excluding hydrogens is 320 g/mol. The SMILES string of the molecule is C[C@@H]1CN(C(=O)[C@H]2SCCc3ccccc32)C[C@H]1N1CCOCC1. The van der Waals surface area contributed by atoms with Crippen molar-refractivity contribution >= 4 is 17.7 Å². The second-order valence-corrected chi connectivity index (χ2v) is 8.35. The standard InChI is InChI=1S/C19H26N2O2S/c1-14-12-21(13-17(14)20-7-9-23-10-8-20)19(22)18-16-5-3-2-4-15(16)6-11-24-18/h2-5,14,17-18H,6-13H2,1H3/t14-,17-,18+/m1/s1. The Balaban J connectivity index is 1.48. The number of morpholine rings is 1. The molecule has 3 heterocycles. The summed E-state index contributed by atoms with van der Waals surface area (Å²) in [7, 11) is 0. The molecular formula is C19H26N2O2S. The van der Waals surface area contributed by atoms with Gasteiger partial charge in [-0.15, -0.1) is 11.8 Å². The maximum atomic E-state index is 13.2. The Bertz CT molecular complexity index is 603. The predicted octanol–water partition coefficient (Wildman–Crippen LogP) is 2.20. The Morgan fingerprint density at radius 1 is 1.21 bits per heavy atom. The van der Waals surface area contributed by atoms with Crippen molar-refractivity contribution in [3.63, 3.8) is 0 Å². The Kier molecular flexibility index (Phi) is 4.83. The minimum absolute atomic E-state index is 0.00871. The van der Waals surface area contributed by atoms with Crippen LogP contribution in [-0.2, 0) is 16.0 Å². The fraction of sp³-hybridized carbons (Fsp3) is 0.632. The van der Waals surface area contributed by atoms with Crippen molar-refractivity contribution in [2.45, 2.75) is 24.6 Å². The van der Waals surface area contributed by atoms with Gasteiger partial charge >= 0.3 is 0 Å². The summed E-state index contributed by atoms with van der Waals surface area (Å²) in [5.41, 5.74) is 2.59. The number of carbonyl (C=O) groups is 1. The molecule has 0 aliphatic carbocycles. The second-order valence-electron chi connectivity index (χ2n) is 7.14. The number of carbonyl (C=O) groups excluding carboxylic acids is 1. The summed E-state index contributed by atoms with van der Waals surface area (Å²) >= 11 is 1.81. The van der Waals surface area contributed by atoms with Gasteiger partial charge in [-0.05, 0) is 29.2 Å². The third-order valence-corrected chi connectivity index (χ3v) is 6.85. The lowest BCUT2D eigenvalue weighted by Crippen LogP contribution is -2.47. The molecule has 0 saturated carbocycles. The molecule has 0 unspecified atom stereocenters. The third-order valence-electron chi connectivity index (χ3n) is 5.62. The first-order chi connectivity index (χ1) is 11.7. The van der Waals surface area contributed by atoms with Crippen molar-refractivity contribution in [1.29, 1.82) is 0 Å². The fourth-order valence-corrected chi connectivity index (χ4v) is 5.55. The van der Waals surface area contributed by atoms with E-state index in [1.165, 1.54) is 11.1 Å². The number of benzene rings is 1. The van der Waals surface area contributed by atoms with Gasteiger partial charge in [0, 0.05) is 32.2 Å². The number of rotatable bonds is 2. The number of amides is 1. The minimum atomic E-state index is -0.00871. The smallest absolute Gasteiger partial charge is 0.240 e. The molecule has 0 radical (unpaired) electrons. The summed E-state index contributed by atoms with van der Waals surface area (Å²) in [4.78, 5) is 17.8. The van der Waals surface area contributed by atoms with E-state index >= 15 is 0 Å². The van der Waals surface area contributed by atoms with Gasteiger partial charge in [0.15, 0.2) is 0 Å². The van der Waals surface area contributed by atoms with Crippen molar-refractivity contribution < 1.29 is 9.53 Å². The summed E-state index contributed by atoms with van der Waals surface area (Å²) in [6.07, 6.45) is 1.08. The van der Waals surface area contributed by atoms with E-state index in [0.717, 1.165) is 51.6 Å². The summed E-state index contributed by atoms with van der Waals surface area (Å²) < 4.78 is 5.48. The van der Waals surface area contributed by atoms with Crippen molar-refractivity contribution in [1.82, 2.24) is 9.80 Å². The van der Waals surface area contributed by atoms with Gasteiger partial charge in [0.25, 0.3) is 0 Å². The number of nitrogens with zero attached hydrogens (tertiary/aromatic N) is 2.